The van der Waals surface area contributed by atoms with Crippen molar-refractivity contribution in [2.24, 2.45) is 0 Å². The van der Waals surface area contributed by atoms with Gasteiger partial charge in [0, 0.05) is 36.2 Å². The van der Waals surface area contributed by atoms with Gasteiger partial charge in [-0.05, 0) is 47.9 Å². The molecule has 0 saturated carbocycles. The van der Waals surface area contributed by atoms with E-state index in [0.717, 1.165) is 5.56 Å². The van der Waals surface area contributed by atoms with Crippen LogP contribution in [-0.2, 0) is 22.4 Å². The van der Waals surface area contributed by atoms with Crippen LogP contribution in [0.25, 0.3) is 11.3 Å². The topological polar surface area (TPSA) is 108 Å². The average molecular weight is 649 g/mol. The Bertz CT molecular complexity index is 1640. The molecule has 2 N–H and O–H groups in total. The fourth-order valence-corrected chi connectivity index (χ4v) is 5.27. The molecule has 9 nitrogen and oxygen atoms in total. The minimum absolute atomic E-state index is 0.116. The van der Waals surface area contributed by atoms with Gasteiger partial charge in [-0.2, -0.15) is 0 Å². The number of rotatable bonds is 10. The lowest BCUT2D eigenvalue weighted by Crippen LogP contribution is -2.36. The summed E-state index contributed by atoms with van der Waals surface area (Å²) in [6.07, 6.45) is 0.839. The van der Waals surface area contributed by atoms with Crippen LogP contribution in [0.15, 0.2) is 77.3 Å². The Hall–Kier alpha value is -4.51. The number of H-pyrrole nitrogens is 1. The first kappa shape index (κ1) is 30.0. The average Bonchev–Trinajstić information content (AvgIpc) is 3.55. The van der Waals surface area contributed by atoms with E-state index in [9.17, 15) is 18.8 Å². The largest absolute Gasteiger partial charge is 0.484 e. The summed E-state index contributed by atoms with van der Waals surface area (Å²) in [7, 11) is 3.29. The minimum atomic E-state index is -0.924. The third kappa shape index (κ3) is 6.46. The Morgan fingerprint density at radius 2 is 1.81 bits per heavy atom. The number of benzene rings is 3. The monoisotopic (exact) mass is 647 g/mol. The molecule has 2 heterocycles. The number of nitrogens with zero attached hydrogens (tertiary/aromatic N) is 3. The molecular weight excluding hydrogens is 617 g/mol. The first-order valence-electron chi connectivity index (χ1n) is 13.8. The van der Waals surface area contributed by atoms with Gasteiger partial charge in [0.05, 0.1) is 5.69 Å². The Morgan fingerprint density at radius 1 is 1.09 bits per heavy atom. The van der Waals surface area contributed by atoms with E-state index < -0.39 is 29.8 Å². The summed E-state index contributed by atoms with van der Waals surface area (Å²) in [5.74, 6) is -0.206. The summed E-state index contributed by atoms with van der Waals surface area (Å²) in [6.45, 7) is 1.81. The van der Waals surface area contributed by atoms with Gasteiger partial charge < -0.3 is 19.9 Å². The van der Waals surface area contributed by atoms with Crippen LogP contribution in [-0.4, -0.2) is 58.3 Å². The number of aromatic amines is 1. The molecule has 1 aromatic heterocycles. The van der Waals surface area contributed by atoms with Crippen molar-refractivity contribution < 1.29 is 23.5 Å². The van der Waals surface area contributed by atoms with E-state index in [1.165, 1.54) is 15.9 Å². The van der Waals surface area contributed by atoms with E-state index in [4.69, 9.17) is 9.72 Å². The van der Waals surface area contributed by atoms with E-state index in [0.29, 0.717) is 51.4 Å². The zero-order valence-electron chi connectivity index (χ0n) is 23.9. The van der Waals surface area contributed by atoms with Crippen molar-refractivity contribution in [1.82, 2.24) is 25.1 Å². The number of hydrogen-bond donors (Lipinski definition) is 2. The summed E-state index contributed by atoms with van der Waals surface area (Å²) < 4.78 is 21.1. The number of carbonyl (C=O) groups is 3. The van der Waals surface area contributed by atoms with Crippen molar-refractivity contribution in [2.75, 3.05) is 20.7 Å². The maximum Gasteiger partial charge on any atom is 0.325 e. The summed E-state index contributed by atoms with van der Waals surface area (Å²) >= 11 is 3.30. The second-order valence-electron chi connectivity index (χ2n) is 10.4. The van der Waals surface area contributed by atoms with Crippen molar-refractivity contribution in [1.29, 1.82) is 0 Å². The number of aryl methyl sites for hydroxylation is 1. The molecular formula is C32H31BrFN5O4. The highest BCUT2D eigenvalue weighted by Gasteiger charge is 2.44. The van der Waals surface area contributed by atoms with Gasteiger partial charge >= 0.3 is 6.03 Å². The van der Waals surface area contributed by atoms with Crippen molar-refractivity contribution in [3.05, 3.63) is 106 Å². The summed E-state index contributed by atoms with van der Waals surface area (Å²) in [5.41, 5.74) is 2.92. The predicted molar refractivity (Wildman–Crippen MR) is 163 cm³/mol. The van der Waals surface area contributed by atoms with E-state index in [1.54, 1.807) is 50.5 Å². The summed E-state index contributed by atoms with van der Waals surface area (Å²) in [6, 6.07) is 18.7. The lowest BCUT2D eigenvalue weighted by molar-refractivity contribution is -0.131. The van der Waals surface area contributed by atoms with E-state index >= 15 is 0 Å². The van der Waals surface area contributed by atoms with Crippen LogP contribution in [0.5, 0.6) is 5.75 Å². The molecule has 1 saturated heterocycles. The van der Waals surface area contributed by atoms with Crippen molar-refractivity contribution >= 4 is 33.8 Å². The third-order valence-electron chi connectivity index (χ3n) is 7.28. The van der Waals surface area contributed by atoms with Crippen molar-refractivity contribution in [3.8, 4) is 17.0 Å². The number of hydrogen-bond acceptors (Lipinski definition) is 5. The number of nitrogens with one attached hydrogen (secondary N) is 2. The Balaban J connectivity index is 1.46. The van der Waals surface area contributed by atoms with Crippen LogP contribution in [0.3, 0.4) is 0 Å². The second kappa shape index (κ2) is 12.8. The highest BCUT2D eigenvalue weighted by molar-refractivity contribution is 9.10. The van der Waals surface area contributed by atoms with Gasteiger partial charge in [-0.3, -0.25) is 14.5 Å². The molecule has 0 bridgehead atoms. The highest BCUT2D eigenvalue weighted by Crippen LogP contribution is 2.35. The van der Waals surface area contributed by atoms with Gasteiger partial charge in [0.25, 0.3) is 11.8 Å². The SMILES string of the molecule is CCc1[nH]c(C(Cc2ccccc2)N2C(=O)N[C@H](c3ccc(OCC(=O)N(C)C)cc3)C2=O)nc1-c1ccc(Br)cc1F. The quantitative estimate of drug-likeness (QED) is 0.218. The molecule has 0 spiro atoms. The van der Waals surface area contributed by atoms with Gasteiger partial charge in [0.15, 0.2) is 6.61 Å². The standard InChI is InChI=1S/C32H31BrFN5O4/c1-4-25-29(23-15-12-21(33)17-24(23)34)36-30(35-25)26(16-19-8-6-5-7-9-19)39-31(41)28(37-32(39)42)20-10-13-22(14-11-20)43-18-27(40)38(2)3/h5-15,17,26,28H,4,16,18H2,1-3H3,(H,35,36)(H,37,42)/t26?,28-/m1/s1. The molecule has 5 rings (SSSR count). The molecule has 4 amide bonds. The number of likely N-dealkylation sites (N-methyl/N-ethyl adjacent to an activating group) is 1. The number of aromatic nitrogens is 2. The van der Waals surface area contributed by atoms with Gasteiger partial charge in [-0.15, -0.1) is 0 Å². The second-order valence-corrected chi connectivity index (χ2v) is 11.3. The molecule has 3 aromatic carbocycles. The number of halogens is 2. The van der Waals surface area contributed by atoms with Gasteiger partial charge in [0.2, 0.25) is 0 Å². The third-order valence-corrected chi connectivity index (χ3v) is 7.77. The van der Waals surface area contributed by atoms with E-state index in [-0.39, 0.29) is 12.5 Å². The molecule has 2 atom stereocenters. The molecule has 43 heavy (non-hydrogen) atoms. The molecule has 1 fully saturated rings. The molecule has 0 aliphatic carbocycles. The number of imide groups is 1. The summed E-state index contributed by atoms with van der Waals surface area (Å²) in [4.78, 5) is 49.8. The van der Waals surface area contributed by atoms with Crippen LogP contribution in [0.4, 0.5) is 9.18 Å². The zero-order valence-corrected chi connectivity index (χ0v) is 25.5. The maximum absolute atomic E-state index is 15.0. The number of amides is 4. The fourth-order valence-electron chi connectivity index (χ4n) is 4.94. The zero-order chi connectivity index (χ0) is 30.7. The molecule has 11 heteroatoms. The Morgan fingerprint density at radius 3 is 2.47 bits per heavy atom. The maximum atomic E-state index is 15.0. The van der Waals surface area contributed by atoms with Gasteiger partial charge in [0.1, 0.15) is 29.5 Å². The van der Waals surface area contributed by atoms with Crippen LogP contribution in [0.1, 0.15) is 41.7 Å². The van der Waals surface area contributed by atoms with Crippen molar-refractivity contribution in [3.63, 3.8) is 0 Å². The van der Waals surface area contributed by atoms with Crippen molar-refractivity contribution in [2.45, 2.75) is 31.8 Å². The summed E-state index contributed by atoms with van der Waals surface area (Å²) in [5, 5.41) is 2.80. The smallest absolute Gasteiger partial charge is 0.325 e. The Kier molecular flexibility index (Phi) is 8.91. The lowest BCUT2D eigenvalue weighted by atomic mass is 10.0. The minimum Gasteiger partial charge on any atom is -0.484 e. The van der Waals surface area contributed by atoms with Gasteiger partial charge in [-0.25, -0.2) is 14.2 Å². The van der Waals surface area contributed by atoms with E-state index in [1.807, 2.05) is 37.3 Å². The number of urea groups is 1. The fraction of sp³-hybridized carbons (Fsp3) is 0.250. The number of imidazole rings is 1. The first-order chi connectivity index (χ1) is 20.7. The van der Waals surface area contributed by atoms with Crippen LogP contribution < -0.4 is 10.1 Å². The predicted octanol–water partition coefficient (Wildman–Crippen LogP) is 5.58. The normalized spacial score (nSPS) is 15.4. The molecule has 1 aliphatic heterocycles. The van der Waals surface area contributed by atoms with E-state index in [2.05, 4.69) is 26.2 Å². The molecule has 1 aliphatic rings. The first-order valence-corrected chi connectivity index (χ1v) is 14.6. The lowest BCUT2D eigenvalue weighted by Gasteiger charge is -2.24. The molecule has 1 unspecified atom stereocenters. The molecule has 222 valence electrons. The van der Waals surface area contributed by atoms with Crippen LogP contribution in [0.2, 0.25) is 0 Å². The molecule has 0 radical (unpaired) electrons. The highest BCUT2D eigenvalue weighted by atomic mass is 79.9. The molecule has 4 aromatic rings. The number of ether oxygens (including phenoxy) is 1. The van der Waals surface area contributed by atoms with Crippen LogP contribution in [0, 0.1) is 5.82 Å². The Labute approximate surface area is 257 Å². The van der Waals surface area contributed by atoms with Crippen LogP contribution >= 0.6 is 15.9 Å². The number of carbonyl (C=O) groups excluding carboxylic acids is 3. The van der Waals surface area contributed by atoms with Gasteiger partial charge in [-0.1, -0.05) is 65.3 Å².